The fourth-order valence-electron chi connectivity index (χ4n) is 4.48. The van der Waals surface area contributed by atoms with Crippen LogP contribution in [0.15, 0.2) is 30.6 Å². The number of aromatic nitrogens is 2. The second-order valence-electron chi connectivity index (χ2n) is 8.11. The maximum atomic E-state index is 12.7. The fraction of sp³-hybridized carbons (Fsp3) is 0.619. The molecule has 0 saturated carbocycles. The van der Waals surface area contributed by atoms with Gasteiger partial charge in [0.25, 0.3) is 0 Å². The molecule has 146 valence electrons. The van der Waals surface area contributed by atoms with Crippen LogP contribution in [0.25, 0.3) is 5.65 Å². The van der Waals surface area contributed by atoms with Crippen molar-refractivity contribution >= 4 is 11.6 Å². The van der Waals surface area contributed by atoms with Crippen molar-refractivity contribution in [3.63, 3.8) is 0 Å². The van der Waals surface area contributed by atoms with E-state index in [1.54, 1.807) is 0 Å². The molecule has 27 heavy (non-hydrogen) atoms. The Bertz CT molecular complexity index is 732. The molecule has 2 aliphatic heterocycles. The van der Waals surface area contributed by atoms with Crippen molar-refractivity contribution in [2.45, 2.75) is 38.1 Å². The predicted molar refractivity (Wildman–Crippen MR) is 107 cm³/mol. The zero-order chi connectivity index (χ0) is 18.6. The van der Waals surface area contributed by atoms with Gasteiger partial charge in [0.2, 0.25) is 5.91 Å². The lowest BCUT2D eigenvalue weighted by atomic mass is 9.93. The molecule has 4 heterocycles. The lowest BCUT2D eigenvalue weighted by Gasteiger charge is -2.41. The Labute approximate surface area is 161 Å². The minimum absolute atomic E-state index is 0.138. The van der Waals surface area contributed by atoms with Crippen LogP contribution in [-0.4, -0.2) is 70.9 Å². The molecule has 1 atom stereocenters. The van der Waals surface area contributed by atoms with Gasteiger partial charge in [0, 0.05) is 37.9 Å². The highest BCUT2D eigenvalue weighted by molar-refractivity contribution is 5.79. The molecule has 2 aliphatic rings. The van der Waals surface area contributed by atoms with Gasteiger partial charge in [0.1, 0.15) is 5.65 Å². The molecule has 1 N–H and O–H groups in total. The average Bonchev–Trinajstić information content (AvgIpc) is 3.11. The number of carbonyl (C=O) groups is 1. The lowest BCUT2D eigenvalue weighted by molar-refractivity contribution is -0.127. The topological polar surface area (TPSA) is 52.9 Å². The van der Waals surface area contributed by atoms with Crippen LogP contribution in [0.3, 0.4) is 0 Å². The van der Waals surface area contributed by atoms with Crippen molar-refractivity contribution in [2.24, 2.45) is 5.92 Å². The maximum Gasteiger partial charge on any atom is 0.224 e. The summed E-state index contributed by atoms with van der Waals surface area (Å²) in [6, 6.07) is 6.66. The highest BCUT2D eigenvalue weighted by Gasteiger charge is 2.30. The SMILES string of the molecule is CN1CCC(N2CCC[C@@H](C(=O)NCCc3cn4ccccc4n3)C2)CC1. The summed E-state index contributed by atoms with van der Waals surface area (Å²) in [4.78, 5) is 22.2. The first-order valence-corrected chi connectivity index (χ1v) is 10.3. The molecular formula is C21H31N5O. The van der Waals surface area contributed by atoms with Gasteiger partial charge in [-0.2, -0.15) is 0 Å². The van der Waals surface area contributed by atoms with Gasteiger partial charge in [-0.1, -0.05) is 6.07 Å². The number of fused-ring (bicyclic) bond motifs is 1. The number of nitrogens with one attached hydrogen (secondary N) is 1. The maximum absolute atomic E-state index is 12.7. The smallest absolute Gasteiger partial charge is 0.224 e. The first kappa shape index (κ1) is 18.4. The molecule has 2 fully saturated rings. The van der Waals surface area contributed by atoms with Crippen LogP contribution in [0.4, 0.5) is 0 Å². The van der Waals surface area contributed by atoms with Crippen LogP contribution >= 0.6 is 0 Å². The summed E-state index contributed by atoms with van der Waals surface area (Å²) < 4.78 is 2.03. The molecule has 4 rings (SSSR count). The van der Waals surface area contributed by atoms with Crippen molar-refractivity contribution in [3.8, 4) is 0 Å². The second kappa shape index (κ2) is 8.40. The van der Waals surface area contributed by atoms with E-state index >= 15 is 0 Å². The van der Waals surface area contributed by atoms with Crippen LogP contribution in [0, 0.1) is 5.92 Å². The molecule has 6 nitrogen and oxygen atoms in total. The third-order valence-electron chi connectivity index (χ3n) is 6.12. The highest BCUT2D eigenvalue weighted by atomic mass is 16.1. The number of amides is 1. The molecule has 2 aromatic heterocycles. The largest absolute Gasteiger partial charge is 0.355 e. The number of carbonyl (C=O) groups excluding carboxylic acids is 1. The molecule has 0 spiro atoms. The van der Waals surface area contributed by atoms with E-state index < -0.39 is 0 Å². The summed E-state index contributed by atoms with van der Waals surface area (Å²) in [5.41, 5.74) is 1.98. The van der Waals surface area contributed by atoms with Gasteiger partial charge in [0.15, 0.2) is 0 Å². The predicted octanol–water partition coefficient (Wildman–Crippen LogP) is 1.80. The molecule has 6 heteroatoms. The fourth-order valence-corrected chi connectivity index (χ4v) is 4.48. The average molecular weight is 370 g/mol. The molecule has 1 amide bonds. The van der Waals surface area contributed by atoms with Gasteiger partial charge in [-0.15, -0.1) is 0 Å². The van der Waals surface area contributed by atoms with Gasteiger partial charge < -0.3 is 14.6 Å². The number of likely N-dealkylation sites (tertiary alicyclic amines) is 2. The van der Waals surface area contributed by atoms with Crippen molar-refractivity contribution in [3.05, 3.63) is 36.3 Å². The van der Waals surface area contributed by atoms with Crippen molar-refractivity contribution in [1.29, 1.82) is 0 Å². The quantitative estimate of drug-likeness (QED) is 0.873. The van der Waals surface area contributed by atoms with Crippen LogP contribution in [0.5, 0.6) is 0 Å². The third-order valence-corrected chi connectivity index (χ3v) is 6.12. The lowest BCUT2D eigenvalue weighted by Crippen LogP contribution is -2.50. The first-order chi connectivity index (χ1) is 13.2. The van der Waals surface area contributed by atoms with E-state index in [1.807, 2.05) is 35.0 Å². The number of imidazole rings is 1. The third kappa shape index (κ3) is 4.50. The molecule has 0 unspecified atom stereocenters. The molecule has 0 aliphatic carbocycles. The van der Waals surface area contributed by atoms with E-state index in [9.17, 15) is 4.79 Å². The van der Waals surface area contributed by atoms with Crippen LogP contribution in [-0.2, 0) is 11.2 Å². The van der Waals surface area contributed by atoms with E-state index in [0.29, 0.717) is 12.6 Å². The van der Waals surface area contributed by atoms with Gasteiger partial charge in [-0.25, -0.2) is 4.98 Å². The molecule has 0 aromatic carbocycles. The Kier molecular flexibility index (Phi) is 5.74. The van der Waals surface area contributed by atoms with Gasteiger partial charge in [-0.3, -0.25) is 9.69 Å². The summed E-state index contributed by atoms with van der Waals surface area (Å²) in [6.45, 7) is 5.09. The number of piperidine rings is 2. The number of pyridine rings is 1. The number of hydrogen-bond acceptors (Lipinski definition) is 4. The van der Waals surface area contributed by atoms with Crippen molar-refractivity contribution in [2.75, 3.05) is 39.8 Å². The van der Waals surface area contributed by atoms with Crippen molar-refractivity contribution in [1.82, 2.24) is 24.5 Å². The standard InChI is InChI=1S/C21H31N5O/c1-24-13-8-19(9-14-24)25-12-4-5-17(15-25)21(27)22-10-7-18-16-26-11-3-2-6-20(26)23-18/h2-3,6,11,16-17,19H,4-5,7-10,12-15H2,1H3,(H,22,27)/t17-/m1/s1. The Balaban J connectivity index is 1.25. The molecule has 0 bridgehead atoms. The zero-order valence-electron chi connectivity index (χ0n) is 16.3. The normalized spacial score (nSPS) is 22.9. The van der Waals surface area contributed by atoms with E-state index in [0.717, 1.165) is 43.7 Å². The summed E-state index contributed by atoms with van der Waals surface area (Å²) in [5, 5.41) is 3.15. The Morgan fingerprint density at radius 2 is 2.07 bits per heavy atom. The summed E-state index contributed by atoms with van der Waals surface area (Å²) in [7, 11) is 2.20. The molecule has 2 aromatic rings. The monoisotopic (exact) mass is 369 g/mol. The minimum Gasteiger partial charge on any atom is -0.355 e. The van der Waals surface area contributed by atoms with Gasteiger partial charge in [0.05, 0.1) is 11.6 Å². The van der Waals surface area contributed by atoms with E-state index in [4.69, 9.17) is 0 Å². The van der Waals surface area contributed by atoms with Gasteiger partial charge >= 0.3 is 0 Å². The molecule has 2 saturated heterocycles. The van der Waals surface area contributed by atoms with Crippen LogP contribution in [0.2, 0.25) is 0 Å². The Hall–Kier alpha value is -1.92. The van der Waals surface area contributed by atoms with Crippen molar-refractivity contribution < 1.29 is 4.79 Å². The number of nitrogens with zero attached hydrogens (tertiary/aromatic N) is 4. The zero-order valence-corrected chi connectivity index (χ0v) is 16.3. The van der Waals surface area contributed by atoms with Gasteiger partial charge in [-0.05, 0) is 64.5 Å². The van der Waals surface area contributed by atoms with E-state index in [2.05, 4.69) is 27.1 Å². The highest BCUT2D eigenvalue weighted by Crippen LogP contribution is 2.23. The minimum atomic E-state index is 0.138. The van der Waals surface area contributed by atoms with Crippen LogP contribution < -0.4 is 5.32 Å². The number of rotatable bonds is 5. The molecular weight excluding hydrogens is 338 g/mol. The Morgan fingerprint density at radius 3 is 2.89 bits per heavy atom. The van der Waals surface area contributed by atoms with E-state index in [-0.39, 0.29) is 11.8 Å². The summed E-state index contributed by atoms with van der Waals surface area (Å²) in [5.74, 6) is 0.357. The van der Waals surface area contributed by atoms with E-state index in [1.165, 1.54) is 25.9 Å². The Morgan fingerprint density at radius 1 is 1.22 bits per heavy atom. The summed E-state index contributed by atoms with van der Waals surface area (Å²) in [6.07, 6.45) is 9.45. The first-order valence-electron chi connectivity index (χ1n) is 10.3. The van der Waals surface area contributed by atoms with Crippen LogP contribution in [0.1, 0.15) is 31.4 Å². The molecule has 0 radical (unpaired) electrons. The summed E-state index contributed by atoms with van der Waals surface area (Å²) >= 11 is 0. The second-order valence-corrected chi connectivity index (χ2v) is 8.11. The number of hydrogen-bond donors (Lipinski definition) is 1.